The first-order valence-electron chi connectivity index (χ1n) is 11.1. The highest BCUT2D eigenvalue weighted by atomic mass is 19.1. The maximum Gasteiger partial charge on any atom is 0.280 e. The van der Waals surface area contributed by atoms with Crippen molar-refractivity contribution in [2.75, 3.05) is 44.6 Å². The third-order valence-corrected chi connectivity index (χ3v) is 6.54. The Bertz CT molecular complexity index is 943. The summed E-state index contributed by atoms with van der Waals surface area (Å²) < 4.78 is 13.3. The zero-order valence-corrected chi connectivity index (χ0v) is 18.0. The number of amides is 2. The van der Waals surface area contributed by atoms with Gasteiger partial charge >= 0.3 is 0 Å². The Morgan fingerprint density at radius 3 is 2.55 bits per heavy atom. The maximum atomic E-state index is 13.3. The van der Waals surface area contributed by atoms with Gasteiger partial charge in [0.1, 0.15) is 32.0 Å². The normalized spacial score (nSPS) is 21.8. The summed E-state index contributed by atoms with van der Waals surface area (Å²) in [6, 6.07) is 14.2. The Morgan fingerprint density at radius 2 is 1.81 bits per heavy atom. The van der Waals surface area contributed by atoms with E-state index in [2.05, 4.69) is 23.5 Å². The quantitative estimate of drug-likeness (QED) is 0.605. The van der Waals surface area contributed by atoms with Crippen molar-refractivity contribution in [3.8, 4) is 0 Å². The minimum Gasteiger partial charge on any atom is -0.333 e. The third kappa shape index (κ3) is 5.29. The molecular formula is C24H31FN4O2+2. The van der Waals surface area contributed by atoms with E-state index in [9.17, 15) is 14.0 Å². The highest BCUT2D eigenvalue weighted by Crippen LogP contribution is 2.18. The zero-order valence-electron chi connectivity index (χ0n) is 18.0. The number of nitrogens with zero attached hydrogens (tertiary/aromatic N) is 1. The molecule has 4 rings (SSSR count). The van der Waals surface area contributed by atoms with E-state index in [0.717, 1.165) is 39.1 Å². The summed E-state index contributed by atoms with van der Waals surface area (Å²) in [4.78, 5) is 29.9. The molecule has 2 aromatic rings. The summed E-state index contributed by atoms with van der Waals surface area (Å²) in [6.45, 7) is 7.27. The van der Waals surface area contributed by atoms with Gasteiger partial charge in [-0.15, -0.1) is 0 Å². The summed E-state index contributed by atoms with van der Waals surface area (Å²) in [7, 11) is 0. The molecule has 2 aliphatic rings. The average molecular weight is 427 g/mol. The van der Waals surface area contributed by atoms with Crippen LogP contribution in [0.25, 0.3) is 0 Å². The lowest BCUT2D eigenvalue weighted by Gasteiger charge is -2.36. The van der Waals surface area contributed by atoms with Crippen molar-refractivity contribution in [3.63, 3.8) is 0 Å². The lowest BCUT2D eigenvalue weighted by molar-refractivity contribution is -1.01. The van der Waals surface area contributed by atoms with Crippen LogP contribution in [-0.2, 0) is 22.6 Å². The summed E-state index contributed by atoms with van der Waals surface area (Å²) in [5.74, 6) is -0.254. The number of fused-ring (bicyclic) bond motifs is 1. The van der Waals surface area contributed by atoms with Gasteiger partial charge in [-0.2, -0.15) is 0 Å². The Labute approximate surface area is 182 Å². The van der Waals surface area contributed by atoms with E-state index in [1.54, 1.807) is 12.1 Å². The first-order chi connectivity index (χ1) is 15.0. The molecule has 31 heavy (non-hydrogen) atoms. The number of rotatable bonds is 5. The van der Waals surface area contributed by atoms with Gasteiger partial charge in [-0.05, 0) is 42.7 Å². The number of hydrogen-bond donors (Lipinski definition) is 3. The molecule has 0 unspecified atom stereocenters. The summed E-state index contributed by atoms with van der Waals surface area (Å²) >= 11 is 0. The highest BCUT2D eigenvalue weighted by Gasteiger charge is 2.35. The first kappa shape index (κ1) is 21.5. The molecule has 0 spiro atoms. The molecule has 0 aliphatic carbocycles. The van der Waals surface area contributed by atoms with Crippen LogP contribution >= 0.6 is 0 Å². The van der Waals surface area contributed by atoms with Gasteiger partial charge in [0.15, 0.2) is 12.6 Å². The van der Waals surface area contributed by atoms with E-state index in [1.807, 2.05) is 17.9 Å². The molecule has 2 amide bonds. The van der Waals surface area contributed by atoms with E-state index >= 15 is 0 Å². The summed E-state index contributed by atoms with van der Waals surface area (Å²) in [5.41, 5.74) is 3.08. The van der Waals surface area contributed by atoms with Crippen molar-refractivity contribution in [1.29, 1.82) is 0 Å². The molecule has 164 valence electrons. The average Bonchev–Trinajstić information content (AvgIpc) is 2.78. The molecule has 1 fully saturated rings. The van der Waals surface area contributed by atoms with Gasteiger partial charge in [0.05, 0.1) is 0 Å². The number of carbonyl (C=O) groups is 2. The van der Waals surface area contributed by atoms with Crippen LogP contribution in [0.5, 0.6) is 0 Å². The van der Waals surface area contributed by atoms with E-state index < -0.39 is 0 Å². The lowest BCUT2D eigenvalue weighted by atomic mass is 9.99. The molecule has 0 saturated carbocycles. The van der Waals surface area contributed by atoms with E-state index in [4.69, 9.17) is 0 Å². The number of quaternary nitrogens is 2. The van der Waals surface area contributed by atoms with Crippen molar-refractivity contribution < 1.29 is 23.8 Å². The monoisotopic (exact) mass is 426 g/mol. The zero-order chi connectivity index (χ0) is 21.8. The molecule has 2 aliphatic heterocycles. The number of piperazine rings is 1. The minimum absolute atomic E-state index is 0.0760. The topological polar surface area (TPSA) is 58.3 Å². The van der Waals surface area contributed by atoms with Crippen molar-refractivity contribution >= 4 is 17.5 Å². The van der Waals surface area contributed by atoms with Gasteiger partial charge in [-0.1, -0.05) is 30.3 Å². The third-order valence-electron chi connectivity index (χ3n) is 6.54. The van der Waals surface area contributed by atoms with Crippen molar-refractivity contribution in [3.05, 3.63) is 65.5 Å². The van der Waals surface area contributed by atoms with Crippen LogP contribution in [0.15, 0.2) is 48.5 Å². The van der Waals surface area contributed by atoms with Gasteiger partial charge < -0.3 is 20.0 Å². The fourth-order valence-corrected chi connectivity index (χ4v) is 4.67. The maximum absolute atomic E-state index is 13.3. The standard InChI is InChI=1S/C24H29FN4O2/c1-18(24(31)29-10-9-19-5-2-3-6-20(19)16-29)28-13-11-27(12-14-28)17-23(30)26-22-8-4-7-21(25)15-22/h2-8,15,18H,9-14,16-17H2,1H3,(H,26,30)/p+2/t18-/m1/s1. The van der Waals surface area contributed by atoms with Gasteiger partial charge in [-0.25, -0.2) is 4.39 Å². The van der Waals surface area contributed by atoms with Crippen LogP contribution in [0.2, 0.25) is 0 Å². The Morgan fingerprint density at radius 1 is 1.06 bits per heavy atom. The molecule has 2 heterocycles. The van der Waals surface area contributed by atoms with Crippen LogP contribution < -0.4 is 15.1 Å². The second-order valence-corrected chi connectivity index (χ2v) is 8.64. The molecular weight excluding hydrogens is 395 g/mol. The number of benzene rings is 2. The molecule has 6 nitrogen and oxygen atoms in total. The predicted molar refractivity (Wildman–Crippen MR) is 116 cm³/mol. The molecule has 0 radical (unpaired) electrons. The minimum atomic E-state index is -0.363. The predicted octanol–water partition coefficient (Wildman–Crippen LogP) is -0.479. The van der Waals surface area contributed by atoms with Gasteiger partial charge in [0, 0.05) is 18.8 Å². The SMILES string of the molecule is C[C@H](C(=O)N1CCc2ccccc2C1)[NH+]1CC[NH+](CC(=O)Nc2cccc(F)c2)CC1. The smallest absolute Gasteiger partial charge is 0.280 e. The van der Waals surface area contributed by atoms with Crippen molar-refractivity contribution in [2.45, 2.75) is 25.9 Å². The Hall–Kier alpha value is -2.77. The number of carbonyl (C=O) groups excluding carboxylic acids is 2. The lowest BCUT2D eigenvalue weighted by Crippen LogP contribution is -3.30. The fourth-order valence-electron chi connectivity index (χ4n) is 4.67. The Kier molecular flexibility index (Phi) is 6.63. The Balaban J connectivity index is 1.24. The van der Waals surface area contributed by atoms with Crippen molar-refractivity contribution in [1.82, 2.24) is 4.90 Å². The highest BCUT2D eigenvalue weighted by molar-refractivity contribution is 5.91. The van der Waals surface area contributed by atoms with Crippen molar-refractivity contribution in [2.24, 2.45) is 0 Å². The number of halogens is 1. The van der Waals surface area contributed by atoms with E-state index in [0.29, 0.717) is 18.8 Å². The largest absolute Gasteiger partial charge is 0.333 e. The molecule has 0 aromatic heterocycles. The number of anilines is 1. The molecule has 7 heteroatoms. The van der Waals surface area contributed by atoms with E-state index in [-0.39, 0.29) is 23.7 Å². The molecule has 1 atom stereocenters. The van der Waals surface area contributed by atoms with Gasteiger partial charge in [0.25, 0.3) is 11.8 Å². The summed E-state index contributed by atoms with van der Waals surface area (Å²) in [6.07, 6.45) is 0.919. The molecule has 3 N–H and O–H groups in total. The number of nitrogens with one attached hydrogen (secondary N) is 3. The van der Waals surface area contributed by atoms with Gasteiger partial charge in [0.2, 0.25) is 0 Å². The van der Waals surface area contributed by atoms with Crippen LogP contribution in [0.3, 0.4) is 0 Å². The van der Waals surface area contributed by atoms with Crippen LogP contribution in [-0.4, -0.2) is 62.0 Å². The number of hydrogen-bond acceptors (Lipinski definition) is 2. The molecule has 1 saturated heterocycles. The first-order valence-corrected chi connectivity index (χ1v) is 11.1. The second kappa shape index (κ2) is 9.58. The van der Waals surface area contributed by atoms with Crippen LogP contribution in [0.1, 0.15) is 18.1 Å². The fraction of sp³-hybridized carbons (Fsp3) is 0.417. The summed E-state index contributed by atoms with van der Waals surface area (Å²) in [5, 5.41) is 2.77. The van der Waals surface area contributed by atoms with E-state index in [1.165, 1.54) is 33.1 Å². The van der Waals surface area contributed by atoms with Gasteiger partial charge in [-0.3, -0.25) is 9.59 Å². The van der Waals surface area contributed by atoms with Crippen LogP contribution in [0, 0.1) is 5.82 Å². The molecule has 0 bridgehead atoms. The van der Waals surface area contributed by atoms with Crippen LogP contribution in [0.4, 0.5) is 10.1 Å². The second-order valence-electron chi connectivity index (χ2n) is 8.64. The molecule has 2 aromatic carbocycles.